The fourth-order valence-corrected chi connectivity index (χ4v) is 1.29. The third-order valence-corrected chi connectivity index (χ3v) is 2.01. The molecule has 98 valence electrons. The second-order valence-electron chi connectivity index (χ2n) is 3.46. The number of carboxylic acid groups (broad SMARTS) is 2. The van der Waals surface area contributed by atoms with Gasteiger partial charge in [0.2, 0.25) is 0 Å². The minimum atomic E-state index is -1.19. The van der Waals surface area contributed by atoms with Crippen molar-refractivity contribution in [2.75, 3.05) is 0 Å². The van der Waals surface area contributed by atoms with Crippen LogP contribution in [-0.4, -0.2) is 27.1 Å². The van der Waals surface area contributed by atoms with Crippen molar-refractivity contribution in [2.24, 2.45) is 0 Å². The van der Waals surface area contributed by atoms with Crippen molar-refractivity contribution in [1.82, 2.24) is 0 Å². The van der Waals surface area contributed by atoms with Crippen LogP contribution in [0, 0.1) is 10.1 Å². The van der Waals surface area contributed by atoms with Gasteiger partial charge in [-0.25, -0.2) is 9.59 Å². The maximum absolute atomic E-state index is 10.7. The molecule has 0 heterocycles. The molecule has 2 N–H and O–H groups in total. The first kappa shape index (κ1) is 14.1. The van der Waals surface area contributed by atoms with Crippen LogP contribution in [0.4, 0.5) is 5.69 Å². The quantitative estimate of drug-likeness (QED) is 0.475. The van der Waals surface area contributed by atoms with Crippen LogP contribution in [0.2, 0.25) is 0 Å². The molecule has 0 saturated heterocycles. The molecule has 7 nitrogen and oxygen atoms in total. The highest BCUT2D eigenvalue weighted by Gasteiger charge is 2.07. The molecule has 0 amide bonds. The molecular formula is C12H9NO6. The predicted molar refractivity (Wildman–Crippen MR) is 66.4 cm³/mol. The lowest BCUT2D eigenvalue weighted by Gasteiger charge is -1.98. The number of nitrogens with zero attached hydrogens (tertiary/aromatic N) is 1. The van der Waals surface area contributed by atoms with E-state index < -0.39 is 16.9 Å². The van der Waals surface area contributed by atoms with Crippen molar-refractivity contribution in [2.45, 2.75) is 0 Å². The molecule has 0 radical (unpaired) electrons. The molecule has 7 heteroatoms. The minimum absolute atomic E-state index is 0.252. The molecule has 0 spiro atoms. The van der Waals surface area contributed by atoms with E-state index in [4.69, 9.17) is 10.2 Å². The molecule has 0 saturated carbocycles. The van der Waals surface area contributed by atoms with Gasteiger partial charge >= 0.3 is 11.9 Å². The van der Waals surface area contributed by atoms with Crippen LogP contribution in [0.25, 0.3) is 12.2 Å². The summed E-state index contributed by atoms with van der Waals surface area (Å²) >= 11 is 0. The average Bonchev–Trinajstić information content (AvgIpc) is 2.33. The van der Waals surface area contributed by atoms with Crippen LogP contribution in [0.3, 0.4) is 0 Å². The van der Waals surface area contributed by atoms with E-state index in [-0.39, 0.29) is 5.69 Å². The van der Waals surface area contributed by atoms with Gasteiger partial charge in [0, 0.05) is 24.3 Å². The number of carboxylic acids is 2. The standard InChI is InChI=1S/C12H9NO6/c14-11(15)3-1-8-5-9(2-4-12(16)17)7-10(6-8)13(18)19/h1-7H,(H,14,15)(H,16,17)/b3-1+,4-2+. The van der Waals surface area contributed by atoms with Crippen LogP contribution in [0.1, 0.15) is 11.1 Å². The van der Waals surface area contributed by atoms with Gasteiger partial charge in [0.1, 0.15) is 0 Å². The second kappa shape index (κ2) is 6.10. The summed E-state index contributed by atoms with van der Waals surface area (Å²) in [5.74, 6) is -2.37. The zero-order valence-corrected chi connectivity index (χ0v) is 9.52. The van der Waals surface area contributed by atoms with Crippen molar-refractivity contribution < 1.29 is 24.7 Å². The van der Waals surface area contributed by atoms with E-state index in [1.165, 1.54) is 30.4 Å². The number of rotatable bonds is 5. The Balaban J connectivity index is 3.21. The number of hydrogen-bond acceptors (Lipinski definition) is 4. The summed E-state index contributed by atoms with van der Waals surface area (Å²) in [4.78, 5) is 30.8. The summed E-state index contributed by atoms with van der Waals surface area (Å²) in [6, 6.07) is 3.82. The first-order chi connectivity index (χ1) is 8.88. The molecular weight excluding hydrogens is 254 g/mol. The Kier molecular flexibility index (Phi) is 4.53. The van der Waals surface area contributed by atoms with Gasteiger partial charge < -0.3 is 10.2 Å². The molecule has 0 aliphatic heterocycles. The lowest BCUT2D eigenvalue weighted by Crippen LogP contribution is -1.92. The highest BCUT2D eigenvalue weighted by Crippen LogP contribution is 2.19. The summed E-state index contributed by atoms with van der Waals surface area (Å²) in [7, 11) is 0. The Morgan fingerprint density at radius 2 is 1.42 bits per heavy atom. The van der Waals surface area contributed by atoms with E-state index in [0.717, 1.165) is 12.2 Å². The molecule has 19 heavy (non-hydrogen) atoms. The van der Waals surface area contributed by atoms with E-state index >= 15 is 0 Å². The molecule has 0 aliphatic carbocycles. The molecule has 1 aromatic carbocycles. The highest BCUT2D eigenvalue weighted by molar-refractivity contribution is 5.87. The second-order valence-corrected chi connectivity index (χ2v) is 3.46. The summed E-state index contributed by atoms with van der Waals surface area (Å²) in [6.45, 7) is 0. The lowest BCUT2D eigenvalue weighted by atomic mass is 10.1. The molecule has 0 bridgehead atoms. The van der Waals surface area contributed by atoms with Gasteiger partial charge in [-0.2, -0.15) is 0 Å². The molecule has 1 rings (SSSR count). The van der Waals surface area contributed by atoms with Gasteiger partial charge in [-0.05, 0) is 29.3 Å². The smallest absolute Gasteiger partial charge is 0.328 e. The largest absolute Gasteiger partial charge is 0.478 e. The van der Waals surface area contributed by atoms with Gasteiger partial charge in [-0.3, -0.25) is 10.1 Å². The molecule has 0 aliphatic rings. The van der Waals surface area contributed by atoms with Crippen molar-refractivity contribution in [1.29, 1.82) is 0 Å². The van der Waals surface area contributed by atoms with Crippen LogP contribution >= 0.6 is 0 Å². The maximum atomic E-state index is 10.7. The van der Waals surface area contributed by atoms with E-state index in [9.17, 15) is 19.7 Å². The maximum Gasteiger partial charge on any atom is 0.328 e. The fourth-order valence-electron chi connectivity index (χ4n) is 1.29. The molecule has 0 aromatic heterocycles. The number of aliphatic carboxylic acids is 2. The summed E-state index contributed by atoms with van der Waals surface area (Å²) in [5, 5.41) is 27.7. The molecule has 0 unspecified atom stereocenters. The van der Waals surface area contributed by atoms with Crippen LogP contribution in [0.15, 0.2) is 30.4 Å². The van der Waals surface area contributed by atoms with Gasteiger partial charge in [0.05, 0.1) is 4.92 Å². The fraction of sp³-hybridized carbons (Fsp3) is 0. The molecule has 0 atom stereocenters. The van der Waals surface area contributed by atoms with E-state index in [2.05, 4.69) is 0 Å². The van der Waals surface area contributed by atoms with E-state index in [0.29, 0.717) is 11.1 Å². The topological polar surface area (TPSA) is 118 Å². The first-order valence-electron chi connectivity index (χ1n) is 5.00. The number of nitro groups is 1. The van der Waals surface area contributed by atoms with Crippen molar-refractivity contribution in [3.63, 3.8) is 0 Å². The first-order valence-corrected chi connectivity index (χ1v) is 5.00. The summed E-state index contributed by atoms with van der Waals surface area (Å²) in [5.41, 5.74) is 0.334. The normalized spacial score (nSPS) is 10.9. The molecule has 0 fully saturated rings. The Labute approximate surface area is 107 Å². The number of benzene rings is 1. The summed E-state index contributed by atoms with van der Waals surface area (Å²) < 4.78 is 0. The SMILES string of the molecule is O=C(O)/C=C/c1cc(/C=C/C(=O)O)cc([N+](=O)[O-])c1. The van der Waals surface area contributed by atoms with Gasteiger partial charge in [-0.1, -0.05) is 0 Å². The monoisotopic (exact) mass is 263 g/mol. The van der Waals surface area contributed by atoms with Crippen LogP contribution in [-0.2, 0) is 9.59 Å². The Morgan fingerprint density at radius 3 is 1.74 bits per heavy atom. The Hall–Kier alpha value is -2.96. The third kappa shape index (κ3) is 4.82. The highest BCUT2D eigenvalue weighted by atomic mass is 16.6. The Morgan fingerprint density at radius 1 is 1.00 bits per heavy atom. The van der Waals surface area contributed by atoms with Crippen LogP contribution in [0.5, 0.6) is 0 Å². The van der Waals surface area contributed by atoms with Crippen molar-refractivity contribution in [3.05, 3.63) is 51.6 Å². The number of non-ortho nitro benzene ring substituents is 1. The van der Waals surface area contributed by atoms with E-state index in [1.807, 2.05) is 0 Å². The van der Waals surface area contributed by atoms with E-state index in [1.54, 1.807) is 0 Å². The zero-order chi connectivity index (χ0) is 14.4. The average molecular weight is 263 g/mol. The number of nitro benzene ring substituents is 1. The number of hydrogen-bond donors (Lipinski definition) is 2. The zero-order valence-electron chi connectivity index (χ0n) is 9.52. The lowest BCUT2D eigenvalue weighted by molar-refractivity contribution is -0.384. The minimum Gasteiger partial charge on any atom is -0.478 e. The van der Waals surface area contributed by atoms with Crippen molar-refractivity contribution in [3.8, 4) is 0 Å². The molecule has 1 aromatic rings. The van der Waals surface area contributed by atoms with Gasteiger partial charge in [0.25, 0.3) is 5.69 Å². The van der Waals surface area contributed by atoms with Gasteiger partial charge in [-0.15, -0.1) is 0 Å². The predicted octanol–water partition coefficient (Wildman–Crippen LogP) is 1.79. The van der Waals surface area contributed by atoms with Gasteiger partial charge in [0.15, 0.2) is 0 Å². The van der Waals surface area contributed by atoms with Crippen molar-refractivity contribution >= 4 is 29.8 Å². The number of carbonyl (C=O) groups is 2. The van der Waals surface area contributed by atoms with Crippen LogP contribution < -0.4 is 0 Å². The third-order valence-electron chi connectivity index (χ3n) is 2.01. The summed E-state index contributed by atoms with van der Waals surface area (Å²) in [6.07, 6.45) is 4.05. The Bertz CT molecular complexity index is 546.